The Balaban J connectivity index is 1.88. The van der Waals surface area contributed by atoms with Gasteiger partial charge in [-0.25, -0.2) is 0 Å². The highest BCUT2D eigenvalue weighted by atomic mass is 31.1. The van der Waals surface area contributed by atoms with Gasteiger partial charge in [0.2, 0.25) is 0 Å². The third-order valence-electron chi connectivity index (χ3n) is 0.582. The molecule has 0 N–H and O–H groups in total. The van der Waals surface area contributed by atoms with Crippen LogP contribution in [0, 0.1) is 0 Å². The Morgan fingerprint density at radius 2 is 2.71 bits per heavy atom. The van der Waals surface area contributed by atoms with Crippen molar-refractivity contribution in [2.45, 2.75) is 5.85 Å². The van der Waals surface area contributed by atoms with Gasteiger partial charge in [0.15, 0.2) is 0 Å². The summed E-state index contributed by atoms with van der Waals surface area (Å²) in [4.78, 5) is 0. The lowest BCUT2D eigenvalue weighted by molar-refractivity contribution is 0.379. The van der Waals surface area contributed by atoms with Crippen molar-refractivity contribution < 1.29 is 9.36 Å². The maximum atomic E-state index is 4.81. The van der Waals surface area contributed by atoms with Crippen molar-refractivity contribution in [3.05, 3.63) is 0 Å². The number of hydrogen-bond acceptors (Lipinski definition) is 3. The smallest absolute Gasteiger partial charge is 0.139 e. The number of hydrogen-bond donors (Lipinski definition) is 0. The molecule has 3 nitrogen and oxygen atoms in total. The summed E-state index contributed by atoms with van der Waals surface area (Å²) >= 11 is 0. The molecule has 1 saturated heterocycles. The first kappa shape index (κ1) is 5.01. The van der Waals surface area contributed by atoms with Crippen LogP contribution in [-0.4, -0.2) is 19.2 Å². The van der Waals surface area contributed by atoms with Crippen LogP contribution < -0.4 is 0 Å². The molecule has 1 heterocycles. The van der Waals surface area contributed by atoms with Crippen molar-refractivity contribution in [2.75, 3.05) is 6.61 Å². The van der Waals surface area contributed by atoms with Crippen molar-refractivity contribution in [1.29, 1.82) is 0 Å². The minimum absolute atomic E-state index is 0.325. The topological polar surface area (TPSA) is 34.1 Å². The van der Waals surface area contributed by atoms with E-state index in [0.29, 0.717) is 14.7 Å². The second-order valence-corrected chi connectivity index (χ2v) is 2.22. The van der Waals surface area contributed by atoms with Crippen LogP contribution in [0.2, 0.25) is 0 Å². The maximum Gasteiger partial charge on any atom is 0.139 e. The second-order valence-electron chi connectivity index (χ2n) is 1.16. The Morgan fingerprint density at radius 3 is 3.14 bits per heavy atom. The molecule has 0 spiro atoms. The molecule has 2 atom stereocenters. The number of ether oxygens (including phenoxy) is 1. The van der Waals surface area contributed by atoms with E-state index in [1.807, 2.05) is 0 Å². The molecule has 0 aromatic rings. The normalized spacial score (nSPS) is 28.3. The Bertz CT molecular complexity index is 73.3. The van der Waals surface area contributed by atoms with Crippen LogP contribution in [0.25, 0.3) is 0 Å². The van der Waals surface area contributed by atoms with E-state index < -0.39 is 0 Å². The molecule has 7 heavy (non-hydrogen) atoms. The van der Waals surface area contributed by atoms with E-state index in [9.17, 15) is 0 Å². The molecule has 0 aromatic heterocycles. The highest BCUT2D eigenvalue weighted by molar-refractivity contribution is 7.33. The van der Waals surface area contributed by atoms with Crippen LogP contribution >= 0.6 is 8.81 Å². The molecule has 0 radical (unpaired) electrons. The Hall–Kier alpha value is -0.140. The zero-order valence-corrected chi connectivity index (χ0v) is 4.76. The molecule has 2 unspecified atom stereocenters. The van der Waals surface area contributed by atoms with E-state index in [0.717, 1.165) is 6.61 Å². The molecule has 0 aromatic carbocycles. The maximum absolute atomic E-state index is 4.81. The minimum Gasteiger partial charge on any atom is -0.378 e. The van der Waals surface area contributed by atoms with Crippen molar-refractivity contribution in [3.63, 3.8) is 0 Å². The van der Waals surface area contributed by atoms with Crippen molar-refractivity contribution >= 4 is 15.5 Å². The number of epoxide rings is 1. The minimum atomic E-state index is 0.325. The summed E-state index contributed by atoms with van der Waals surface area (Å²) < 4.78 is 9.38. The first-order valence-corrected chi connectivity index (χ1v) is 2.91. The van der Waals surface area contributed by atoms with Crippen molar-refractivity contribution in [2.24, 2.45) is 5.16 Å². The van der Waals surface area contributed by atoms with Crippen LogP contribution in [0.4, 0.5) is 0 Å². The van der Waals surface area contributed by atoms with Crippen molar-refractivity contribution in [1.82, 2.24) is 0 Å². The van der Waals surface area contributed by atoms with Gasteiger partial charge in [0.25, 0.3) is 0 Å². The molecule has 1 fully saturated rings. The summed E-state index contributed by atoms with van der Waals surface area (Å²) in [6.45, 7) is 3.97. The summed E-state index contributed by atoms with van der Waals surface area (Å²) in [5.41, 5.74) is 0. The van der Waals surface area contributed by atoms with Crippen LogP contribution in [0.1, 0.15) is 0 Å². The molecule has 1 aliphatic rings. The van der Waals surface area contributed by atoms with Crippen LogP contribution in [0.3, 0.4) is 0 Å². The Kier molecular flexibility index (Phi) is 1.60. The molecule has 4 heteroatoms. The quantitative estimate of drug-likeness (QED) is 0.235. The predicted octanol–water partition coefficient (Wildman–Crippen LogP) is 0.568. The zero-order chi connectivity index (χ0) is 5.11. The lowest BCUT2D eigenvalue weighted by Gasteiger charge is -1.87. The van der Waals surface area contributed by atoms with Gasteiger partial charge in [0.05, 0.1) is 6.61 Å². The van der Waals surface area contributed by atoms with Crippen LogP contribution in [0.15, 0.2) is 5.16 Å². The van der Waals surface area contributed by atoms with Crippen molar-refractivity contribution in [3.8, 4) is 0 Å². The van der Waals surface area contributed by atoms with Gasteiger partial charge < -0.3 is 9.36 Å². The molecule has 40 valence electrons. The highest BCUT2D eigenvalue weighted by Gasteiger charge is 2.23. The summed E-state index contributed by atoms with van der Waals surface area (Å²) in [5, 5.41) is 3.20. The molecule has 0 saturated carbocycles. The number of nitrogens with zero attached hydrogens (tertiary/aromatic N) is 1. The Morgan fingerprint density at radius 1 is 2.00 bits per heavy atom. The predicted molar refractivity (Wildman–Crippen MR) is 28.7 cm³/mol. The first-order chi connectivity index (χ1) is 3.43. The number of rotatable bonds is 3. The first-order valence-electron chi connectivity index (χ1n) is 1.92. The third-order valence-corrected chi connectivity index (χ3v) is 1.41. The SMILES string of the molecule is C=NOPC1CO1. The van der Waals surface area contributed by atoms with E-state index in [1.165, 1.54) is 0 Å². The fourth-order valence-corrected chi connectivity index (χ4v) is 0.637. The lowest BCUT2D eigenvalue weighted by atomic mass is 11.0. The van der Waals surface area contributed by atoms with E-state index in [1.54, 1.807) is 0 Å². The molecule has 0 bridgehead atoms. The summed E-state index contributed by atoms with van der Waals surface area (Å²) in [6, 6.07) is 0. The summed E-state index contributed by atoms with van der Waals surface area (Å²) in [6.07, 6.45) is 0. The molecular formula is C3H6NO2P. The zero-order valence-electron chi connectivity index (χ0n) is 3.76. The molecular weight excluding hydrogens is 113 g/mol. The van der Waals surface area contributed by atoms with Gasteiger partial charge in [0, 0.05) is 6.72 Å². The standard InChI is InChI=1S/C3H6NO2P/c1-4-6-7-3-2-5-3/h3,7H,1-2H2. The highest BCUT2D eigenvalue weighted by Crippen LogP contribution is 2.30. The Labute approximate surface area is 43.5 Å². The fourth-order valence-electron chi connectivity index (χ4n) is 0.212. The molecule has 0 amide bonds. The van der Waals surface area contributed by atoms with E-state index in [4.69, 9.17) is 4.74 Å². The number of oxime groups is 1. The summed E-state index contributed by atoms with van der Waals surface area (Å²) in [5.74, 6) is 0.325. The van der Waals surface area contributed by atoms with Gasteiger partial charge >= 0.3 is 0 Å². The van der Waals surface area contributed by atoms with Gasteiger partial charge in [-0.1, -0.05) is 0 Å². The van der Waals surface area contributed by atoms with E-state index in [-0.39, 0.29) is 0 Å². The van der Waals surface area contributed by atoms with Crippen LogP contribution in [0.5, 0.6) is 0 Å². The third kappa shape index (κ3) is 1.86. The summed E-state index contributed by atoms with van der Waals surface area (Å²) in [7, 11) is 0.348. The fraction of sp³-hybridized carbons (Fsp3) is 0.667. The van der Waals surface area contributed by atoms with E-state index in [2.05, 4.69) is 16.5 Å². The average molecular weight is 119 g/mol. The van der Waals surface area contributed by atoms with Gasteiger partial charge in [-0.3, -0.25) is 0 Å². The lowest BCUT2D eigenvalue weighted by Crippen LogP contribution is -1.67. The average Bonchev–Trinajstić information content (AvgIpc) is 2.42. The van der Waals surface area contributed by atoms with Crippen LogP contribution in [-0.2, 0) is 9.36 Å². The van der Waals surface area contributed by atoms with Gasteiger partial charge in [0.1, 0.15) is 14.7 Å². The van der Waals surface area contributed by atoms with Gasteiger partial charge in [-0.15, -0.1) is 5.16 Å². The molecule has 1 aliphatic heterocycles. The van der Waals surface area contributed by atoms with Gasteiger partial charge in [-0.05, 0) is 0 Å². The molecule has 0 aliphatic carbocycles. The van der Waals surface area contributed by atoms with Gasteiger partial charge in [-0.2, -0.15) is 0 Å². The second kappa shape index (κ2) is 2.24. The largest absolute Gasteiger partial charge is 0.378 e. The monoisotopic (exact) mass is 119 g/mol. The van der Waals surface area contributed by atoms with E-state index >= 15 is 0 Å². The molecule has 1 rings (SSSR count).